The fourth-order valence-corrected chi connectivity index (χ4v) is 1.40. The Morgan fingerprint density at radius 3 is 2.54 bits per heavy atom. The lowest BCUT2D eigenvalue weighted by atomic mass is 10.0. The first-order valence-corrected chi connectivity index (χ1v) is 4.71. The largest absolute Gasteiger partial charge is 0.481 e. The summed E-state index contributed by atoms with van der Waals surface area (Å²) in [6, 6.07) is 0. The number of aliphatic carboxylic acids is 1. The zero-order valence-electron chi connectivity index (χ0n) is 6.73. The maximum Gasteiger partial charge on any atom is 0.307 e. The zero-order chi connectivity index (χ0) is 9.84. The molecule has 0 aliphatic heterocycles. The van der Waals surface area contributed by atoms with Crippen LogP contribution >= 0.6 is 0 Å². The fraction of sp³-hybridized carbons (Fsp3) is 0.250. The molecule has 0 aromatic heterocycles. The first-order valence-electron chi connectivity index (χ1n) is 3.63. The number of carboxylic acids is 1. The van der Waals surface area contributed by atoms with E-state index in [-0.39, 0.29) is 17.7 Å². The molecule has 5 heteroatoms. The molecular weight excluding hydrogens is 192 g/mol. The van der Waals surface area contributed by atoms with Crippen molar-refractivity contribution in [3.8, 4) is 0 Å². The van der Waals surface area contributed by atoms with E-state index in [0.717, 1.165) is 0 Å². The van der Waals surface area contributed by atoms with E-state index in [1.807, 2.05) is 0 Å². The molecule has 1 rings (SSSR count). The fourth-order valence-electron chi connectivity index (χ4n) is 0.997. The van der Waals surface area contributed by atoms with Gasteiger partial charge in [0.2, 0.25) is 10.3 Å². The Kier molecular flexibility index (Phi) is 3.02. The number of hydrogen-bond donors (Lipinski definition) is 1. The van der Waals surface area contributed by atoms with Crippen molar-refractivity contribution in [1.82, 2.24) is 0 Å². The smallest absolute Gasteiger partial charge is 0.307 e. The van der Waals surface area contributed by atoms with Crippen LogP contribution in [0.1, 0.15) is 12.8 Å². The number of rotatable bonds is 2. The van der Waals surface area contributed by atoms with Crippen molar-refractivity contribution in [3.05, 3.63) is 23.8 Å². The van der Waals surface area contributed by atoms with Crippen LogP contribution in [0, 0.1) is 0 Å². The maximum atomic E-state index is 10.4. The van der Waals surface area contributed by atoms with E-state index in [4.69, 9.17) is 5.11 Å². The third-order valence-corrected chi connectivity index (χ3v) is 2.35. The molecule has 0 heterocycles. The topological polar surface area (TPSA) is 71.4 Å². The molecule has 1 aliphatic carbocycles. The van der Waals surface area contributed by atoms with Crippen LogP contribution in [0.15, 0.2) is 23.8 Å². The van der Waals surface area contributed by atoms with E-state index in [9.17, 15) is 13.2 Å². The van der Waals surface area contributed by atoms with Gasteiger partial charge in [-0.05, 0) is 11.6 Å². The summed E-state index contributed by atoms with van der Waals surface area (Å²) >= 11 is 0. The number of carbonyl (C=O) groups is 1. The van der Waals surface area contributed by atoms with Gasteiger partial charge in [-0.15, -0.1) is 0 Å². The predicted molar refractivity (Wildman–Crippen MR) is 48.0 cm³/mol. The Morgan fingerprint density at radius 2 is 2.15 bits per heavy atom. The van der Waals surface area contributed by atoms with Crippen LogP contribution in [0.5, 0.6) is 0 Å². The molecule has 4 nitrogen and oxygen atoms in total. The van der Waals surface area contributed by atoms with Gasteiger partial charge >= 0.3 is 5.97 Å². The van der Waals surface area contributed by atoms with Crippen LogP contribution in [0.4, 0.5) is 0 Å². The van der Waals surface area contributed by atoms with Gasteiger partial charge in [0, 0.05) is 6.42 Å². The first kappa shape index (κ1) is 9.73. The van der Waals surface area contributed by atoms with Gasteiger partial charge < -0.3 is 5.11 Å². The Bertz CT molecular complexity index is 403. The third-order valence-electron chi connectivity index (χ3n) is 1.62. The molecule has 0 amide bonds. The summed E-state index contributed by atoms with van der Waals surface area (Å²) in [4.78, 5) is 10.6. The normalized spacial score (nSPS) is 15.4. The van der Waals surface area contributed by atoms with E-state index in [2.05, 4.69) is 0 Å². The Labute approximate surface area is 76.7 Å². The van der Waals surface area contributed by atoms with Crippen LogP contribution in [-0.4, -0.2) is 24.4 Å². The summed E-state index contributed by atoms with van der Waals surface area (Å²) in [6.45, 7) is 0. The summed E-state index contributed by atoms with van der Waals surface area (Å²) < 4.78 is 20.9. The van der Waals surface area contributed by atoms with Crippen LogP contribution < -0.4 is 0 Å². The standard InChI is InChI=1S/C8H8O4S/c9-8(10)5-6-1-3-7(4-2-6)13(11)12/h1-3H,4-5H2,(H,9,10). The predicted octanol–water partition coefficient (Wildman–Crippen LogP) is 0.399. The minimum Gasteiger partial charge on any atom is -0.481 e. The van der Waals surface area contributed by atoms with E-state index in [0.29, 0.717) is 5.57 Å². The van der Waals surface area contributed by atoms with Crippen LogP contribution in [0.25, 0.3) is 0 Å². The summed E-state index contributed by atoms with van der Waals surface area (Å²) in [5, 5.41) is 8.44. The average Bonchev–Trinajstić information content (AvgIpc) is 2.04. The Morgan fingerprint density at radius 1 is 1.46 bits per heavy atom. The lowest BCUT2D eigenvalue weighted by Gasteiger charge is -2.03. The molecule has 0 fully saturated rings. The lowest BCUT2D eigenvalue weighted by molar-refractivity contribution is -0.136. The van der Waals surface area contributed by atoms with Crippen molar-refractivity contribution in [2.75, 3.05) is 0 Å². The van der Waals surface area contributed by atoms with Crippen molar-refractivity contribution in [2.24, 2.45) is 0 Å². The molecule has 1 N–H and O–H groups in total. The number of carboxylic acid groups (broad SMARTS) is 1. The molecule has 0 spiro atoms. The summed E-state index contributed by atoms with van der Waals surface area (Å²) in [7, 11) is -2.19. The van der Waals surface area contributed by atoms with Crippen LogP contribution in [0.3, 0.4) is 0 Å². The van der Waals surface area contributed by atoms with Crippen molar-refractivity contribution in [2.45, 2.75) is 12.8 Å². The van der Waals surface area contributed by atoms with Crippen molar-refractivity contribution in [1.29, 1.82) is 0 Å². The van der Waals surface area contributed by atoms with E-state index < -0.39 is 16.3 Å². The molecule has 0 radical (unpaired) electrons. The second-order valence-electron chi connectivity index (χ2n) is 2.59. The summed E-state index contributed by atoms with van der Waals surface area (Å²) in [5.74, 6) is -0.914. The zero-order valence-corrected chi connectivity index (χ0v) is 7.54. The van der Waals surface area contributed by atoms with Crippen LogP contribution in [-0.2, 0) is 15.1 Å². The third kappa shape index (κ3) is 2.87. The second-order valence-corrected chi connectivity index (χ2v) is 3.58. The molecular formula is C8H8O4S. The number of hydrogen-bond acceptors (Lipinski definition) is 3. The highest BCUT2D eigenvalue weighted by Gasteiger charge is 2.06. The highest BCUT2D eigenvalue weighted by Crippen LogP contribution is 2.10. The molecule has 13 heavy (non-hydrogen) atoms. The first-order chi connectivity index (χ1) is 6.09. The van der Waals surface area contributed by atoms with Gasteiger partial charge in [-0.3, -0.25) is 4.79 Å². The van der Waals surface area contributed by atoms with Gasteiger partial charge in [-0.25, -0.2) is 0 Å². The van der Waals surface area contributed by atoms with E-state index in [1.165, 1.54) is 12.2 Å². The molecule has 0 saturated heterocycles. The van der Waals surface area contributed by atoms with Gasteiger partial charge in [-0.1, -0.05) is 12.2 Å². The minimum atomic E-state index is -2.19. The molecule has 70 valence electrons. The van der Waals surface area contributed by atoms with E-state index in [1.54, 1.807) is 6.08 Å². The minimum absolute atomic E-state index is 0.0602. The molecule has 0 unspecified atom stereocenters. The van der Waals surface area contributed by atoms with Gasteiger partial charge in [0.05, 0.1) is 11.3 Å². The number of allylic oxidation sites excluding steroid dienone is 3. The SMILES string of the molecule is O=C(O)CC1=CCC(=S(=O)=O)C=C1. The Balaban J connectivity index is 2.77. The van der Waals surface area contributed by atoms with Gasteiger partial charge in [0.1, 0.15) is 0 Å². The summed E-state index contributed by atoms with van der Waals surface area (Å²) in [6.07, 6.45) is 4.79. The molecule has 0 aromatic carbocycles. The molecule has 0 atom stereocenters. The molecule has 1 aliphatic rings. The maximum absolute atomic E-state index is 10.4. The highest BCUT2D eigenvalue weighted by atomic mass is 32.2. The quantitative estimate of drug-likeness (QED) is 0.655. The highest BCUT2D eigenvalue weighted by molar-refractivity contribution is 7.73. The average molecular weight is 200 g/mol. The van der Waals surface area contributed by atoms with Gasteiger partial charge in [0.25, 0.3) is 0 Å². The van der Waals surface area contributed by atoms with Crippen molar-refractivity contribution >= 4 is 21.1 Å². The lowest BCUT2D eigenvalue weighted by Crippen LogP contribution is -2.02. The Hall–Kier alpha value is -1.36. The van der Waals surface area contributed by atoms with Crippen molar-refractivity contribution < 1.29 is 18.3 Å². The molecule has 0 saturated carbocycles. The van der Waals surface area contributed by atoms with E-state index >= 15 is 0 Å². The monoisotopic (exact) mass is 200 g/mol. The van der Waals surface area contributed by atoms with Gasteiger partial charge in [0.15, 0.2) is 0 Å². The van der Waals surface area contributed by atoms with Gasteiger partial charge in [-0.2, -0.15) is 8.42 Å². The molecule has 0 aromatic rings. The molecule has 0 bridgehead atoms. The second kappa shape index (κ2) is 4.04. The summed E-state index contributed by atoms with van der Waals surface area (Å²) in [5.41, 5.74) is 0.640. The van der Waals surface area contributed by atoms with Crippen LogP contribution in [0.2, 0.25) is 0 Å². The van der Waals surface area contributed by atoms with Crippen molar-refractivity contribution in [3.63, 3.8) is 0 Å².